The van der Waals surface area contributed by atoms with Gasteiger partial charge in [0.15, 0.2) is 17.5 Å². The molecule has 2 aromatic rings. The van der Waals surface area contributed by atoms with Gasteiger partial charge in [0, 0.05) is 19.3 Å². The highest BCUT2D eigenvalue weighted by Crippen LogP contribution is 2.28. The fourth-order valence-corrected chi connectivity index (χ4v) is 2.76. The molecule has 0 unspecified atom stereocenters. The molecule has 0 fully saturated rings. The molecular formula is C22H33IN4O2. The van der Waals surface area contributed by atoms with Gasteiger partial charge in [-0.15, -0.1) is 24.0 Å². The first-order valence-corrected chi connectivity index (χ1v) is 9.99. The van der Waals surface area contributed by atoms with E-state index in [1.807, 2.05) is 26.0 Å². The lowest BCUT2D eigenvalue weighted by Gasteiger charge is -2.14. The summed E-state index contributed by atoms with van der Waals surface area (Å²) in [7, 11) is 0. The Bertz CT molecular complexity index is 768. The number of hydrogen-bond donors (Lipinski definition) is 2. The van der Waals surface area contributed by atoms with E-state index in [0.717, 1.165) is 48.2 Å². The molecule has 7 heteroatoms. The minimum atomic E-state index is 0. The van der Waals surface area contributed by atoms with Crippen molar-refractivity contribution in [1.29, 1.82) is 0 Å². The van der Waals surface area contributed by atoms with Crippen LogP contribution in [0.15, 0.2) is 41.5 Å². The first-order chi connectivity index (χ1) is 13.7. The number of aryl methyl sites for hydroxylation is 1. The lowest BCUT2D eigenvalue weighted by atomic mass is 10.1. The van der Waals surface area contributed by atoms with Crippen LogP contribution in [0.4, 0.5) is 0 Å². The Kier molecular flexibility index (Phi) is 12.1. The van der Waals surface area contributed by atoms with Crippen LogP contribution in [0.5, 0.6) is 11.5 Å². The second-order valence-corrected chi connectivity index (χ2v) is 6.29. The van der Waals surface area contributed by atoms with Crippen molar-refractivity contribution >= 4 is 29.9 Å². The quantitative estimate of drug-likeness (QED) is 0.285. The van der Waals surface area contributed by atoms with Gasteiger partial charge in [-0.3, -0.25) is 4.98 Å². The highest BCUT2D eigenvalue weighted by Gasteiger charge is 2.07. The Balaban J connectivity index is 0.00000420. The van der Waals surface area contributed by atoms with Gasteiger partial charge >= 0.3 is 0 Å². The molecule has 2 N–H and O–H groups in total. The van der Waals surface area contributed by atoms with E-state index in [0.29, 0.717) is 19.8 Å². The molecule has 0 bridgehead atoms. The Morgan fingerprint density at radius 2 is 1.79 bits per heavy atom. The van der Waals surface area contributed by atoms with Crippen LogP contribution in [0.25, 0.3) is 0 Å². The number of aliphatic imine (C=N–C) groups is 1. The largest absolute Gasteiger partial charge is 0.490 e. The molecule has 160 valence electrons. The number of aromatic nitrogens is 1. The van der Waals surface area contributed by atoms with Gasteiger partial charge in [-0.05, 0) is 63.4 Å². The molecule has 0 aliphatic carbocycles. The summed E-state index contributed by atoms with van der Waals surface area (Å²) in [4.78, 5) is 9.05. The Morgan fingerprint density at radius 3 is 2.48 bits per heavy atom. The van der Waals surface area contributed by atoms with Crippen molar-refractivity contribution in [3.05, 3.63) is 53.3 Å². The first-order valence-electron chi connectivity index (χ1n) is 9.99. The van der Waals surface area contributed by atoms with Gasteiger partial charge in [-0.25, -0.2) is 4.99 Å². The summed E-state index contributed by atoms with van der Waals surface area (Å²) in [6, 6.07) is 10.1. The van der Waals surface area contributed by atoms with Crippen LogP contribution in [0.2, 0.25) is 0 Å². The molecule has 0 amide bonds. The molecule has 1 aromatic carbocycles. The summed E-state index contributed by atoms with van der Waals surface area (Å²) in [6.45, 7) is 11.4. The van der Waals surface area contributed by atoms with Crippen molar-refractivity contribution in [2.24, 2.45) is 4.99 Å². The van der Waals surface area contributed by atoms with Crippen molar-refractivity contribution in [3.63, 3.8) is 0 Å². The third kappa shape index (κ3) is 8.47. The molecule has 29 heavy (non-hydrogen) atoms. The third-order valence-corrected chi connectivity index (χ3v) is 4.16. The lowest BCUT2D eigenvalue weighted by molar-refractivity contribution is 0.287. The molecule has 0 radical (unpaired) electrons. The van der Waals surface area contributed by atoms with Gasteiger partial charge in [0.1, 0.15) is 0 Å². The number of halogens is 1. The number of rotatable bonds is 10. The van der Waals surface area contributed by atoms with E-state index < -0.39 is 0 Å². The average Bonchev–Trinajstić information content (AvgIpc) is 2.69. The fourth-order valence-electron chi connectivity index (χ4n) is 2.76. The van der Waals surface area contributed by atoms with Crippen LogP contribution in [0.1, 0.15) is 37.6 Å². The van der Waals surface area contributed by atoms with Gasteiger partial charge in [-0.2, -0.15) is 0 Å². The second-order valence-electron chi connectivity index (χ2n) is 6.29. The highest BCUT2D eigenvalue weighted by molar-refractivity contribution is 14.0. The van der Waals surface area contributed by atoms with Crippen molar-refractivity contribution in [3.8, 4) is 11.5 Å². The minimum Gasteiger partial charge on any atom is -0.490 e. The Labute approximate surface area is 191 Å². The maximum absolute atomic E-state index is 5.71. The summed E-state index contributed by atoms with van der Waals surface area (Å²) >= 11 is 0. The van der Waals surface area contributed by atoms with Gasteiger partial charge in [0.05, 0.1) is 25.5 Å². The Morgan fingerprint density at radius 1 is 1.03 bits per heavy atom. The zero-order valence-corrected chi connectivity index (χ0v) is 20.2. The van der Waals surface area contributed by atoms with Crippen molar-refractivity contribution in [2.45, 2.75) is 40.7 Å². The number of nitrogens with one attached hydrogen (secondary N) is 2. The van der Waals surface area contributed by atoms with E-state index in [1.165, 1.54) is 5.56 Å². The van der Waals surface area contributed by atoms with Crippen molar-refractivity contribution < 1.29 is 9.47 Å². The molecule has 0 saturated heterocycles. The van der Waals surface area contributed by atoms with Gasteiger partial charge in [0.2, 0.25) is 0 Å². The maximum atomic E-state index is 5.71. The molecule has 0 saturated carbocycles. The minimum absolute atomic E-state index is 0. The molecule has 0 aliphatic rings. The summed E-state index contributed by atoms with van der Waals surface area (Å²) in [6.07, 6.45) is 2.67. The molecule has 2 rings (SSSR count). The molecule has 0 atom stereocenters. The average molecular weight is 512 g/mol. The fraction of sp³-hybridized carbons (Fsp3) is 0.455. The van der Waals surface area contributed by atoms with Gasteiger partial charge < -0.3 is 20.1 Å². The third-order valence-electron chi connectivity index (χ3n) is 4.16. The van der Waals surface area contributed by atoms with E-state index in [2.05, 4.69) is 52.7 Å². The predicted octanol–water partition coefficient (Wildman–Crippen LogP) is 4.10. The summed E-state index contributed by atoms with van der Waals surface area (Å²) in [5.41, 5.74) is 3.34. The zero-order valence-electron chi connectivity index (χ0n) is 17.8. The molecule has 6 nitrogen and oxygen atoms in total. The topological polar surface area (TPSA) is 67.8 Å². The summed E-state index contributed by atoms with van der Waals surface area (Å²) < 4.78 is 11.3. The number of guanidine groups is 1. The monoisotopic (exact) mass is 512 g/mol. The molecule has 1 aromatic heterocycles. The number of benzene rings is 1. The van der Waals surface area contributed by atoms with Crippen molar-refractivity contribution in [2.75, 3.05) is 26.3 Å². The SMILES string of the molecule is CCNC(=NCc1ncccc1C)NCCc1ccc(OCC)c(OCC)c1.I. The summed E-state index contributed by atoms with van der Waals surface area (Å²) in [5.74, 6) is 2.39. The molecule has 0 spiro atoms. The van der Waals surface area contributed by atoms with Crippen LogP contribution in [-0.4, -0.2) is 37.2 Å². The lowest BCUT2D eigenvalue weighted by Crippen LogP contribution is -2.38. The van der Waals surface area contributed by atoms with Crippen LogP contribution in [0, 0.1) is 6.92 Å². The van der Waals surface area contributed by atoms with E-state index in [-0.39, 0.29) is 24.0 Å². The maximum Gasteiger partial charge on any atom is 0.191 e. The van der Waals surface area contributed by atoms with Crippen LogP contribution in [0.3, 0.4) is 0 Å². The second kappa shape index (κ2) is 14.0. The van der Waals surface area contributed by atoms with E-state index in [9.17, 15) is 0 Å². The summed E-state index contributed by atoms with van der Waals surface area (Å²) in [5, 5.41) is 6.67. The highest BCUT2D eigenvalue weighted by atomic mass is 127. The number of nitrogens with zero attached hydrogens (tertiary/aromatic N) is 2. The number of pyridine rings is 1. The van der Waals surface area contributed by atoms with Crippen LogP contribution < -0.4 is 20.1 Å². The van der Waals surface area contributed by atoms with E-state index >= 15 is 0 Å². The number of hydrogen-bond acceptors (Lipinski definition) is 4. The molecule has 0 aliphatic heterocycles. The smallest absolute Gasteiger partial charge is 0.191 e. The predicted molar refractivity (Wildman–Crippen MR) is 130 cm³/mol. The van der Waals surface area contributed by atoms with E-state index in [4.69, 9.17) is 9.47 Å². The number of ether oxygens (including phenoxy) is 2. The molecule has 1 heterocycles. The van der Waals surface area contributed by atoms with Crippen molar-refractivity contribution in [1.82, 2.24) is 15.6 Å². The standard InChI is InChI=1S/C22H32N4O2.HI/c1-5-23-22(26-16-19-17(4)9-8-13-24-19)25-14-12-18-10-11-20(27-6-2)21(15-18)28-7-3;/h8-11,13,15H,5-7,12,14,16H2,1-4H3,(H2,23,25,26);1H. The molecular weight excluding hydrogens is 479 g/mol. The first kappa shape index (κ1) is 25.0. The van der Waals surface area contributed by atoms with Crippen LogP contribution in [-0.2, 0) is 13.0 Å². The zero-order chi connectivity index (χ0) is 20.2. The van der Waals surface area contributed by atoms with Crippen LogP contribution >= 0.6 is 24.0 Å². The van der Waals surface area contributed by atoms with E-state index in [1.54, 1.807) is 6.20 Å². The van der Waals surface area contributed by atoms with Gasteiger partial charge in [0.25, 0.3) is 0 Å². The van der Waals surface area contributed by atoms with Gasteiger partial charge in [-0.1, -0.05) is 12.1 Å². The normalized spacial score (nSPS) is 10.8. The Hall–Kier alpha value is -2.03.